The van der Waals surface area contributed by atoms with Gasteiger partial charge >= 0.3 is 6.09 Å². The van der Waals surface area contributed by atoms with Gasteiger partial charge in [0.15, 0.2) is 0 Å². The highest BCUT2D eigenvalue weighted by Gasteiger charge is 2.20. The van der Waals surface area contributed by atoms with E-state index in [9.17, 15) is 4.79 Å². The van der Waals surface area contributed by atoms with E-state index in [1.54, 1.807) is 13.3 Å². The molecule has 1 aliphatic heterocycles. The summed E-state index contributed by atoms with van der Waals surface area (Å²) >= 11 is 0. The Labute approximate surface area is 145 Å². The predicted octanol–water partition coefficient (Wildman–Crippen LogP) is 1.75. The van der Waals surface area contributed by atoms with Crippen LogP contribution in [0.15, 0.2) is 24.4 Å². The average molecular weight is 346 g/mol. The topological polar surface area (TPSA) is 96.8 Å². The van der Waals surface area contributed by atoms with Crippen LogP contribution in [0.5, 0.6) is 11.6 Å². The minimum absolute atomic E-state index is 0.0519. The Morgan fingerprint density at radius 3 is 2.88 bits per heavy atom. The number of piperidine rings is 1. The first-order valence-electron chi connectivity index (χ1n) is 8.29. The Kier molecular flexibility index (Phi) is 5.49. The molecule has 8 nitrogen and oxygen atoms in total. The summed E-state index contributed by atoms with van der Waals surface area (Å²) in [5.74, 6) is 1.22. The third-order valence-electron chi connectivity index (χ3n) is 4.30. The Morgan fingerprint density at radius 1 is 1.36 bits per heavy atom. The van der Waals surface area contributed by atoms with E-state index in [-0.39, 0.29) is 6.04 Å². The molecule has 2 aromatic rings. The molecule has 134 valence electrons. The molecule has 0 spiro atoms. The molecule has 0 atom stereocenters. The Bertz CT molecular complexity index is 732. The van der Waals surface area contributed by atoms with Gasteiger partial charge in [-0.25, -0.2) is 14.8 Å². The summed E-state index contributed by atoms with van der Waals surface area (Å²) in [6.07, 6.45) is 2.31. The first-order valence-corrected chi connectivity index (χ1v) is 8.29. The lowest BCUT2D eigenvalue weighted by Crippen LogP contribution is -2.45. The van der Waals surface area contributed by atoms with Crippen LogP contribution in [0.1, 0.15) is 12.8 Å². The number of aromatic nitrogens is 2. The fraction of sp³-hybridized carbons (Fsp3) is 0.471. The number of methoxy groups -OCH3 is 1. The second-order valence-corrected chi connectivity index (χ2v) is 5.98. The second kappa shape index (κ2) is 7.98. The third-order valence-corrected chi connectivity index (χ3v) is 4.30. The Morgan fingerprint density at radius 2 is 2.16 bits per heavy atom. The van der Waals surface area contributed by atoms with Gasteiger partial charge < -0.3 is 19.9 Å². The summed E-state index contributed by atoms with van der Waals surface area (Å²) in [6, 6.07) is 5.59. The van der Waals surface area contributed by atoms with E-state index in [0.29, 0.717) is 12.5 Å². The van der Waals surface area contributed by atoms with Crippen molar-refractivity contribution in [1.82, 2.24) is 20.2 Å². The number of carboxylic acid groups (broad SMARTS) is 1. The smallest absolute Gasteiger partial charge is 0.404 e. The van der Waals surface area contributed by atoms with Crippen molar-refractivity contribution in [1.29, 1.82) is 0 Å². The number of hydrogen-bond donors (Lipinski definition) is 2. The zero-order valence-electron chi connectivity index (χ0n) is 14.1. The molecule has 1 aromatic carbocycles. The number of nitrogens with zero attached hydrogens (tertiary/aromatic N) is 3. The SMILES string of the molecule is COc1ccc2ncc(OCCN3CCC(NC(=O)O)CC3)nc2c1. The van der Waals surface area contributed by atoms with E-state index in [2.05, 4.69) is 20.2 Å². The summed E-state index contributed by atoms with van der Waals surface area (Å²) < 4.78 is 10.9. The highest BCUT2D eigenvalue weighted by molar-refractivity contribution is 5.76. The van der Waals surface area contributed by atoms with Gasteiger partial charge in [0.1, 0.15) is 12.4 Å². The molecular formula is C17H22N4O4. The minimum Gasteiger partial charge on any atom is -0.497 e. The number of nitrogens with one attached hydrogen (secondary N) is 1. The molecule has 0 bridgehead atoms. The van der Waals surface area contributed by atoms with Crippen molar-refractivity contribution in [3.05, 3.63) is 24.4 Å². The predicted molar refractivity (Wildman–Crippen MR) is 92.2 cm³/mol. The van der Waals surface area contributed by atoms with Gasteiger partial charge in [-0.1, -0.05) is 0 Å². The number of benzene rings is 1. The number of hydrogen-bond acceptors (Lipinski definition) is 6. The van der Waals surface area contributed by atoms with Crippen molar-refractivity contribution in [2.45, 2.75) is 18.9 Å². The van der Waals surface area contributed by atoms with Gasteiger partial charge in [-0.05, 0) is 25.0 Å². The number of carbonyl (C=O) groups is 1. The molecule has 1 saturated heterocycles. The molecule has 2 heterocycles. The van der Waals surface area contributed by atoms with Crippen LogP contribution in [0.2, 0.25) is 0 Å². The van der Waals surface area contributed by atoms with E-state index >= 15 is 0 Å². The molecule has 0 aliphatic carbocycles. The number of amides is 1. The first-order chi connectivity index (χ1) is 12.1. The number of likely N-dealkylation sites (tertiary alicyclic amines) is 1. The van der Waals surface area contributed by atoms with Crippen LogP contribution < -0.4 is 14.8 Å². The van der Waals surface area contributed by atoms with Gasteiger partial charge in [-0.15, -0.1) is 0 Å². The van der Waals surface area contributed by atoms with Crippen LogP contribution in [0.25, 0.3) is 11.0 Å². The van der Waals surface area contributed by atoms with Crippen LogP contribution in [0.4, 0.5) is 4.79 Å². The maximum Gasteiger partial charge on any atom is 0.404 e. The van der Waals surface area contributed by atoms with Gasteiger partial charge in [-0.2, -0.15) is 0 Å². The van der Waals surface area contributed by atoms with Crippen molar-refractivity contribution in [2.24, 2.45) is 0 Å². The van der Waals surface area contributed by atoms with Crippen molar-refractivity contribution in [2.75, 3.05) is 33.4 Å². The largest absolute Gasteiger partial charge is 0.497 e. The van der Waals surface area contributed by atoms with E-state index < -0.39 is 6.09 Å². The highest BCUT2D eigenvalue weighted by Crippen LogP contribution is 2.19. The molecule has 1 amide bonds. The summed E-state index contributed by atoms with van der Waals surface area (Å²) in [7, 11) is 1.62. The van der Waals surface area contributed by atoms with Gasteiger partial charge in [0.25, 0.3) is 0 Å². The van der Waals surface area contributed by atoms with Crippen molar-refractivity contribution in [3.8, 4) is 11.6 Å². The van der Waals surface area contributed by atoms with Gasteiger partial charge in [-0.3, -0.25) is 4.90 Å². The van der Waals surface area contributed by atoms with Crippen molar-refractivity contribution < 1.29 is 19.4 Å². The molecule has 1 aliphatic rings. The fourth-order valence-corrected chi connectivity index (χ4v) is 2.93. The molecule has 1 fully saturated rings. The fourth-order valence-electron chi connectivity index (χ4n) is 2.93. The zero-order valence-corrected chi connectivity index (χ0v) is 14.1. The highest BCUT2D eigenvalue weighted by atomic mass is 16.5. The molecule has 25 heavy (non-hydrogen) atoms. The molecule has 0 radical (unpaired) electrons. The third kappa shape index (κ3) is 4.69. The zero-order chi connectivity index (χ0) is 17.6. The Hall–Kier alpha value is -2.61. The van der Waals surface area contributed by atoms with Crippen LogP contribution in [-0.4, -0.2) is 65.5 Å². The van der Waals surface area contributed by atoms with Gasteiger partial charge in [0.2, 0.25) is 5.88 Å². The molecule has 2 N–H and O–H groups in total. The van der Waals surface area contributed by atoms with Crippen LogP contribution in [0.3, 0.4) is 0 Å². The Balaban J connectivity index is 1.47. The second-order valence-electron chi connectivity index (χ2n) is 5.98. The average Bonchev–Trinajstić information content (AvgIpc) is 2.62. The number of ether oxygens (including phenoxy) is 2. The van der Waals surface area contributed by atoms with E-state index in [4.69, 9.17) is 14.6 Å². The summed E-state index contributed by atoms with van der Waals surface area (Å²) in [6.45, 7) is 3.00. The van der Waals surface area contributed by atoms with E-state index in [0.717, 1.165) is 49.3 Å². The quantitative estimate of drug-likeness (QED) is 0.822. The standard InChI is InChI=1S/C17H22N4O4/c1-24-13-2-3-14-15(10-13)20-16(11-18-14)25-9-8-21-6-4-12(5-7-21)19-17(22)23/h2-3,10-12,19H,4-9H2,1H3,(H,22,23). The van der Waals surface area contributed by atoms with Crippen LogP contribution in [0, 0.1) is 0 Å². The number of rotatable bonds is 6. The summed E-state index contributed by atoms with van der Waals surface area (Å²) in [5, 5.41) is 11.3. The van der Waals surface area contributed by atoms with Gasteiger partial charge in [0, 0.05) is 31.7 Å². The lowest BCUT2D eigenvalue weighted by molar-refractivity contribution is 0.152. The molecular weight excluding hydrogens is 324 g/mol. The van der Waals surface area contributed by atoms with Crippen molar-refractivity contribution >= 4 is 17.1 Å². The molecule has 8 heteroatoms. The summed E-state index contributed by atoms with van der Waals surface area (Å²) in [5.41, 5.74) is 1.53. The number of fused-ring (bicyclic) bond motifs is 1. The normalized spacial score (nSPS) is 15.9. The minimum atomic E-state index is -0.951. The van der Waals surface area contributed by atoms with Crippen LogP contribution in [-0.2, 0) is 0 Å². The molecule has 0 unspecified atom stereocenters. The molecule has 3 rings (SSSR count). The summed E-state index contributed by atoms with van der Waals surface area (Å²) in [4.78, 5) is 21.7. The molecule has 1 aromatic heterocycles. The molecule has 0 saturated carbocycles. The lowest BCUT2D eigenvalue weighted by atomic mass is 10.1. The van der Waals surface area contributed by atoms with E-state index in [1.165, 1.54) is 0 Å². The monoisotopic (exact) mass is 346 g/mol. The first kappa shape index (κ1) is 17.2. The van der Waals surface area contributed by atoms with E-state index in [1.807, 2.05) is 18.2 Å². The maximum absolute atomic E-state index is 10.6. The lowest BCUT2D eigenvalue weighted by Gasteiger charge is -2.31. The van der Waals surface area contributed by atoms with Gasteiger partial charge in [0.05, 0.1) is 24.3 Å². The maximum atomic E-state index is 10.6. The van der Waals surface area contributed by atoms with Crippen LogP contribution >= 0.6 is 0 Å². The van der Waals surface area contributed by atoms with Crippen molar-refractivity contribution in [3.63, 3.8) is 0 Å².